The average molecular weight is 249 g/mol. The van der Waals surface area contributed by atoms with Gasteiger partial charge in [0.25, 0.3) is 0 Å². The molecule has 0 bridgehead atoms. The quantitative estimate of drug-likeness (QED) is 0.752. The number of rotatable bonds is 2. The molecule has 2 rings (SSSR count). The maximum atomic E-state index is 11.7. The molecule has 0 fully saturated rings. The highest BCUT2D eigenvalue weighted by Gasteiger charge is 2.30. The third-order valence-corrected chi connectivity index (χ3v) is 3.24. The van der Waals surface area contributed by atoms with Gasteiger partial charge < -0.3 is 14.4 Å². The van der Waals surface area contributed by atoms with E-state index in [4.69, 9.17) is 9.47 Å². The van der Waals surface area contributed by atoms with E-state index in [0.29, 0.717) is 13.2 Å². The fourth-order valence-corrected chi connectivity index (χ4v) is 2.06. The standard InChI is InChI=1S/C14H19NO3/c1-5-17-14(16)13-8-15(4)11-6-9(2)10(3)7-12(11)18-13/h6-7,13H,5,8H2,1-4H3. The Bertz CT molecular complexity index is 470. The molecule has 0 radical (unpaired) electrons. The van der Waals surface area contributed by atoms with Crippen molar-refractivity contribution in [2.24, 2.45) is 0 Å². The summed E-state index contributed by atoms with van der Waals surface area (Å²) in [5.74, 6) is 0.457. The van der Waals surface area contributed by atoms with Crippen LogP contribution < -0.4 is 9.64 Å². The Morgan fingerprint density at radius 3 is 2.78 bits per heavy atom. The minimum absolute atomic E-state index is 0.298. The van der Waals surface area contributed by atoms with Gasteiger partial charge in [0.05, 0.1) is 18.8 Å². The molecule has 0 aliphatic carbocycles. The SMILES string of the molecule is CCOC(=O)C1CN(C)c2cc(C)c(C)cc2O1. The van der Waals surface area contributed by atoms with Gasteiger partial charge in [-0.3, -0.25) is 0 Å². The second-order valence-corrected chi connectivity index (χ2v) is 4.64. The second-order valence-electron chi connectivity index (χ2n) is 4.64. The lowest BCUT2D eigenvalue weighted by Gasteiger charge is -2.33. The van der Waals surface area contributed by atoms with Crippen LogP contribution in [0.15, 0.2) is 12.1 Å². The number of anilines is 1. The first-order chi connectivity index (χ1) is 8.52. The molecule has 1 aromatic rings. The van der Waals surface area contributed by atoms with Crippen LogP contribution >= 0.6 is 0 Å². The van der Waals surface area contributed by atoms with Gasteiger partial charge in [-0.2, -0.15) is 0 Å². The molecule has 1 heterocycles. The van der Waals surface area contributed by atoms with Gasteiger partial charge in [-0.1, -0.05) is 0 Å². The molecule has 1 aliphatic rings. The Balaban J connectivity index is 2.28. The van der Waals surface area contributed by atoms with Gasteiger partial charge in [-0.05, 0) is 44.0 Å². The van der Waals surface area contributed by atoms with E-state index in [1.165, 1.54) is 5.56 Å². The Morgan fingerprint density at radius 1 is 1.44 bits per heavy atom. The summed E-state index contributed by atoms with van der Waals surface area (Å²) < 4.78 is 10.7. The third kappa shape index (κ3) is 2.28. The summed E-state index contributed by atoms with van der Waals surface area (Å²) in [6.45, 7) is 6.80. The number of esters is 1. The topological polar surface area (TPSA) is 38.8 Å². The van der Waals surface area contributed by atoms with Gasteiger partial charge in [0, 0.05) is 7.05 Å². The number of nitrogens with zero attached hydrogens (tertiary/aromatic N) is 1. The van der Waals surface area contributed by atoms with Gasteiger partial charge in [-0.25, -0.2) is 4.79 Å². The van der Waals surface area contributed by atoms with Gasteiger partial charge in [0.1, 0.15) is 5.75 Å². The molecule has 18 heavy (non-hydrogen) atoms. The van der Waals surface area contributed by atoms with Crippen molar-refractivity contribution in [3.05, 3.63) is 23.3 Å². The Hall–Kier alpha value is -1.71. The first kappa shape index (κ1) is 12.7. The molecule has 0 saturated carbocycles. The summed E-state index contributed by atoms with van der Waals surface area (Å²) in [4.78, 5) is 13.8. The van der Waals surface area contributed by atoms with Crippen LogP contribution in [-0.4, -0.2) is 32.3 Å². The van der Waals surface area contributed by atoms with Crippen molar-refractivity contribution in [2.75, 3.05) is 25.1 Å². The lowest BCUT2D eigenvalue weighted by molar-refractivity contribution is -0.151. The zero-order valence-corrected chi connectivity index (χ0v) is 11.3. The summed E-state index contributed by atoms with van der Waals surface area (Å²) in [5.41, 5.74) is 3.41. The monoisotopic (exact) mass is 249 g/mol. The molecule has 98 valence electrons. The number of benzene rings is 1. The predicted molar refractivity (Wildman–Crippen MR) is 70.2 cm³/mol. The Kier molecular flexibility index (Phi) is 3.45. The van der Waals surface area contributed by atoms with E-state index in [-0.39, 0.29) is 5.97 Å². The first-order valence-corrected chi connectivity index (χ1v) is 6.18. The molecule has 0 spiro atoms. The summed E-state index contributed by atoms with van der Waals surface area (Å²) in [7, 11) is 1.96. The smallest absolute Gasteiger partial charge is 0.349 e. The van der Waals surface area contributed by atoms with Crippen LogP contribution in [0.2, 0.25) is 0 Å². The number of hydrogen-bond donors (Lipinski definition) is 0. The number of aryl methyl sites for hydroxylation is 2. The Labute approximate surface area is 107 Å². The van der Waals surface area contributed by atoms with Gasteiger partial charge >= 0.3 is 5.97 Å². The number of carbonyl (C=O) groups is 1. The van der Waals surface area contributed by atoms with Crippen LogP contribution in [0.3, 0.4) is 0 Å². The molecular weight excluding hydrogens is 230 g/mol. The molecule has 0 saturated heterocycles. The minimum atomic E-state index is -0.537. The largest absolute Gasteiger partial charge is 0.475 e. The van der Waals surface area contributed by atoms with Gasteiger partial charge in [0.15, 0.2) is 0 Å². The molecule has 1 unspecified atom stereocenters. The van der Waals surface area contributed by atoms with Crippen LogP contribution in [0.1, 0.15) is 18.1 Å². The fourth-order valence-electron chi connectivity index (χ4n) is 2.06. The van der Waals surface area contributed by atoms with Crippen LogP contribution in [0.4, 0.5) is 5.69 Å². The third-order valence-electron chi connectivity index (χ3n) is 3.24. The van der Waals surface area contributed by atoms with E-state index in [9.17, 15) is 4.79 Å². The first-order valence-electron chi connectivity index (χ1n) is 6.18. The molecule has 1 aliphatic heterocycles. The predicted octanol–water partition coefficient (Wildman–Crippen LogP) is 2.06. The van der Waals surface area contributed by atoms with Crippen molar-refractivity contribution in [1.82, 2.24) is 0 Å². The summed E-state index contributed by atoms with van der Waals surface area (Å²) in [5, 5.41) is 0. The summed E-state index contributed by atoms with van der Waals surface area (Å²) >= 11 is 0. The molecule has 4 heteroatoms. The van der Waals surface area contributed by atoms with Crippen molar-refractivity contribution >= 4 is 11.7 Å². The molecule has 1 aromatic carbocycles. The zero-order chi connectivity index (χ0) is 13.3. The van der Waals surface area contributed by atoms with Gasteiger partial charge in [-0.15, -0.1) is 0 Å². The highest BCUT2D eigenvalue weighted by Crippen LogP contribution is 2.35. The summed E-state index contributed by atoms with van der Waals surface area (Å²) in [6, 6.07) is 4.07. The normalized spacial score (nSPS) is 18.0. The summed E-state index contributed by atoms with van der Waals surface area (Å²) in [6.07, 6.45) is -0.537. The van der Waals surface area contributed by atoms with E-state index in [2.05, 4.69) is 13.0 Å². The minimum Gasteiger partial charge on any atom is -0.475 e. The molecule has 4 nitrogen and oxygen atoms in total. The molecule has 1 atom stereocenters. The highest BCUT2D eigenvalue weighted by atomic mass is 16.6. The number of ether oxygens (including phenoxy) is 2. The maximum absolute atomic E-state index is 11.7. The fraction of sp³-hybridized carbons (Fsp3) is 0.500. The van der Waals surface area contributed by atoms with Crippen molar-refractivity contribution in [3.63, 3.8) is 0 Å². The Morgan fingerprint density at radius 2 is 2.11 bits per heavy atom. The van der Waals surface area contributed by atoms with E-state index in [1.54, 1.807) is 6.92 Å². The zero-order valence-electron chi connectivity index (χ0n) is 11.3. The molecule has 0 aromatic heterocycles. The van der Waals surface area contributed by atoms with Crippen molar-refractivity contribution < 1.29 is 14.3 Å². The number of fused-ring (bicyclic) bond motifs is 1. The molecule has 0 N–H and O–H groups in total. The van der Waals surface area contributed by atoms with Crippen LogP contribution in [0, 0.1) is 13.8 Å². The number of hydrogen-bond acceptors (Lipinski definition) is 4. The van der Waals surface area contributed by atoms with Gasteiger partial charge in [0.2, 0.25) is 6.10 Å². The maximum Gasteiger partial charge on any atom is 0.349 e. The van der Waals surface area contributed by atoms with E-state index < -0.39 is 6.10 Å². The lowest BCUT2D eigenvalue weighted by Crippen LogP contribution is -2.43. The van der Waals surface area contributed by atoms with Crippen LogP contribution in [0.25, 0.3) is 0 Å². The number of likely N-dealkylation sites (N-methyl/N-ethyl adjacent to an activating group) is 1. The average Bonchev–Trinajstić information content (AvgIpc) is 2.32. The van der Waals surface area contributed by atoms with Crippen molar-refractivity contribution in [2.45, 2.75) is 26.9 Å². The van der Waals surface area contributed by atoms with Crippen molar-refractivity contribution in [3.8, 4) is 5.75 Å². The highest BCUT2D eigenvalue weighted by molar-refractivity contribution is 5.78. The second kappa shape index (κ2) is 4.88. The van der Waals surface area contributed by atoms with Crippen LogP contribution in [-0.2, 0) is 9.53 Å². The molecule has 0 amide bonds. The van der Waals surface area contributed by atoms with Crippen molar-refractivity contribution in [1.29, 1.82) is 0 Å². The van der Waals surface area contributed by atoms with E-state index >= 15 is 0 Å². The van der Waals surface area contributed by atoms with E-state index in [1.807, 2.05) is 24.9 Å². The van der Waals surface area contributed by atoms with Crippen LogP contribution in [0.5, 0.6) is 5.75 Å². The molecular formula is C14H19NO3. The number of carbonyl (C=O) groups excluding carboxylic acids is 1. The lowest BCUT2D eigenvalue weighted by atomic mass is 10.1. The van der Waals surface area contributed by atoms with E-state index in [0.717, 1.165) is 17.0 Å².